The van der Waals surface area contributed by atoms with Crippen LogP contribution in [-0.4, -0.2) is 46.6 Å². The van der Waals surface area contributed by atoms with Crippen LogP contribution in [0.25, 0.3) is 0 Å². The van der Waals surface area contributed by atoms with Crippen LogP contribution in [0.5, 0.6) is 0 Å². The minimum atomic E-state index is 0. The summed E-state index contributed by atoms with van der Waals surface area (Å²) in [6, 6.07) is 0. The smallest absolute Gasteiger partial charge is 0.146 e. The van der Waals surface area contributed by atoms with Crippen LogP contribution in [0.2, 0.25) is 0 Å². The first-order valence-electron chi connectivity index (χ1n) is 3.22. The fourth-order valence-electron chi connectivity index (χ4n) is 0.220. The van der Waals surface area contributed by atoms with Crippen molar-refractivity contribution in [2.75, 3.05) is 28.2 Å². The molecule has 0 aromatic carbocycles. The molecule has 14 heavy (non-hydrogen) atoms. The molecule has 0 unspecified atom stereocenters. The Morgan fingerprint density at radius 1 is 0.857 bits per heavy atom. The predicted octanol–water partition coefficient (Wildman–Crippen LogP) is 2.06. The number of nitrogens with zero attached hydrogens (tertiary/aromatic N) is 2. The summed E-state index contributed by atoms with van der Waals surface area (Å²) < 4.78 is 1.67. The molecule has 0 heterocycles. The SMILES string of the molecule is CN(C)C(=S)SSC(=S)N(C)C.[Mn].[Zn]. The van der Waals surface area contributed by atoms with Gasteiger partial charge in [-0.05, 0) is 21.6 Å². The van der Waals surface area contributed by atoms with Crippen LogP contribution in [0.1, 0.15) is 0 Å². The fraction of sp³-hybridized carbons (Fsp3) is 0.667. The largest absolute Gasteiger partial charge is 0.363 e. The number of thiocarbonyl (C=S) groups is 2. The summed E-state index contributed by atoms with van der Waals surface area (Å²) in [7, 11) is 10.7. The minimum absolute atomic E-state index is 0. The van der Waals surface area contributed by atoms with E-state index in [0.717, 1.165) is 8.64 Å². The second kappa shape index (κ2) is 11.1. The summed E-state index contributed by atoms with van der Waals surface area (Å²) in [5.74, 6) is 0. The van der Waals surface area contributed by atoms with Crippen molar-refractivity contribution in [3.63, 3.8) is 0 Å². The second-order valence-electron chi connectivity index (χ2n) is 2.49. The molecule has 0 aliphatic rings. The molecule has 1 radical (unpaired) electrons. The van der Waals surface area contributed by atoms with E-state index < -0.39 is 0 Å². The van der Waals surface area contributed by atoms with Crippen molar-refractivity contribution in [1.29, 1.82) is 0 Å². The van der Waals surface area contributed by atoms with Crippen LogP contribution >= 0.6 is 46.0 Å². The first-order valence-corrected chi connectivity index (χ1v) is 6.19. The fourth-order valence-corrected chi connectivity index (χ4v) is 2.60. The molecule has 0 rings (SSSR count). The van der Waals surface area contributed by atoms with Gasteiger partial charge in [0.15, 0.2) is 0 Å². The predicted molar refractivity (Wildman–Crippen MR) is 67.8 cm³/mol. The van der Waals surface area contributed by atoms with Crippen molar-refractivity contribution in [2.24, 2.45) is 0 Å². The quantitative estimate of drug-likeness (QED) is 0.368. The van der Waals surface area contributed by atoms with Crippen LogP contribution in [0.3, 0.4) is 0 Å². The summed E-state index contributed by atoms with van der Waals surface area (Å²) >= 11 is 10.1. The van der Waals surface area contributed by atoms with E-state index in [1.807, 2.05) is 38.0 Å². The maximum atomic E-state index is 5.07. The van der Waals surface area contributed by atoms with Gasteiger partial charge in [-0.1, -0.05) is 24.4 Å². The van der Waals surface area contributed by atoms with Gasteiger partial charge in [-0.3, -0.25) is 0 Å². The van der Waals surface area contributed by atoms with Gasteiger partial charge < -0.3 is 9.80 Å². The van der Waals surface area contributed by atoms with E-state index in [1.54, 1.807) is 0 Å². The zero-order valence-electron chi connectivity index (χ0n) is 8.61. The van der Waals surface area contributed by atoms with Crippen molar-refractivity contribution in [2.45, 2.75) is 0 Å². The van der Waals surface area contributed by atoms with Crippen LogP contribution in [0, 0.1) is 0 Å². The van der Waals surface area contributed by atoms with Crippen molar-refractivity contribution in [1.82, 2.24) is 9.80 Å². The molecule has 0 aliphatic carbocycles. The minimum Gasteiger partial charge on any atom is -0.363 e. The average molecular weight is 361 g/mol. The zero-order chi connectivity index (χ0) is 9.72. The zero-order valence-corrected chi connectivity index (χ0v) is 16.0. The van der Waals surface area contributed by atoms with Gasteiger partial charge in [-0.15, -0.1) is 0 Å². The molecule has 0 aliphatic heterocycles. The molecule has 0 aromatic heterocycles. The van der Waals surface area contributed by atoms with E-state index in [1.165, 1.54) is 21.6 Å². The van der Waals surface area contributed by atoms with Gasteiger partial charge in [0.1, 0.15) is 8.64 Å². The van der Waals surface area contributed by atoms with Gasteiger partial charge in [0.2, 0.25) is 0 Å². The average Bonchev–Trinajstić information content (AvgIpc) is 1.98. The monoisotopic (exact) mass is 359 g/mol. The van der Waals surface area contributed by atoms with Crippen LogP contribution in [0.15, 0.2) is 0 Å². The molecule has 8 heteroatoms. The third kappa shape index (κ3) is 10.2. The topological polar surface area (TPSA) is 6.48 Å². The van der Waals surface area contributed by atoms with E-state index in [9.17, 15) is 0 Å². The number of hydrogen-bond donors (Lipinski definition) is 0. The molecule has 79 valence electrons. The molecule has 0 amide bonds. The Hall–Kier alpha value is 1.62. The Labute approximate surface area is 128 Å². The first kappa shape index (κ1) is 21.0. The summed E-state index contributed by atoms with van der Waals surface area (Å²) in [6.45, 7) is 0. The van der Waals surface area contributed by atoms with E-state index >= 15 is 0 Å². The molecule has 0 atom stereocenters. The summed E-state index contributed by atoms with van der Waals surface area (Å²) in [5.41, 5.74) is 0. The van der Waals surface area contributed by atoms with Crippen molar-refractivity contribution < 1.29 is 36.5 Å². The third-order valence-electron chi connectivity index (χ3n) is 0.915. The third-order valence-corrected chi connectivity index (χ3v) is 5.07. The molecular formula is C6H12MnN2S4Zn. The van der Waals surface area contributed by atoms with Crippen molar-refractivity contribution in [3.05, 3.63) is 0 Å². The molecule has 0 spiro atoms. The Morgan fingerprint density at radius 3 is 1.21 bits per heavy atom. The van der Waals surface area contributed by atoms with E-state index in [-0.39, 0.29) is 36.5 Å². The van der Waals surface area contributed by atoms with Crippen LogP contribution in [-0.2, 0) is 36.5 Å². The summed E-state index contributed by atoms with van der Waals surface area (Å²) in [4.78, 5) is 3.79. The standard InChI is InChI=1S/C6H12N2S4.Mn.Zn/c1-7(2)5(9)11-12-6(10)8(3)4;;/h1-4H3;;. The van der Waals surface area contributed by atoms with Gasteiger partial charge in [-0.25, -0.2) is 0 Å². The second-order valence-corrected chi connectivity index (χ2v) is 5.88. The maximum Gasteiger partial charge on any atom is 0.146 e. The van der Waals surface area contributed by atoms with Gasteiger partial charge in [0.25, 0.3) is 0 Å². The van der Waals surface area contributed by atoms with Crippen LogP contribution in [0.4, 0.5) is 0 Å². The van der Waals surface area contributed by atoms with Gasteiger partial charge in [-0.2, -0.15) is 0 Å². The molecule has 0 saturated heterocycles. The van der Waals surface area contributed by atoms with Gasteiger partial charge in [0, 0.05) is 64.7 Å². The Kier molecular flexibility index (Phi) is 16.7. The van der Waals surface area contributed by atoms with Gasteiger partial charge >= 0.3 is 0 Å². The maximum absolute atomic E-state index is 5.07. The van der Waals surface area contributed by atoms with Gasteiger partial charge in [0.05, 0.1) is 0 Å². The van der Waals surface area contributed by atoms with Crippen LogP contribution < -0.4 is 0 Å². The normalized spacial score (nSPS) is 8.00. The molecule has 2 nitrogen and oxygen atoms in total. The molecule has 0 fully saturated rings. The number of hydrogen-bond acceptors (Lipinski definition) is 4. The Balaban J connectivity index is -0.000000605. The molecule has 0 bridgehead atoms. The number of rotatable bonds is 0. The van der Waals surface area contributed by atoms with E-state index in [4.69, 9.17) is 24.4 Å². The summed E-state index contributed by atoms with van der Waals surface area (Å²) in [5, 5.41) is 0. The first-order chi connectivity index (χ1) is 5.45. The molecule has 0 saturated carbocycles. The van der Waals surface area contributed by atoms with Crippen molar-refractivity contribution in [3.8, 4) is 0 Å². The molecular weight excluding hydrogens is 349 g/mol. The molecule has 0 aromatic rings. The summed E-state index contributed by atoms with van der Waals surface area (Å²) in [6.07, 6.45) is 0. The Bertz CT molecular complexity index is 169. The molecule has 0 N–H and O–H groups in total. The van der Waals surface area contributed by atoms with E-state index in [2.05, 4.69) is 0 Å². The van der Waals surface area contributed by atoms with E-state index in [0.29, 0.717) is 0 Å². The Morgan fingerprint density at radius 2 is 1.07 bits per heavy atom. The van der Waals surface area contributed by atoms with Crippen molar-refractivity contribution >= 4 is 54.7 Å².